The van der Waals surface area contributed by atoms with Crippen LogP contribution in [0, 0.1) is 0 Å². The van der Waals surface area contributed by atoms with Gasteiger partial charge in [-0.1, -0.05) is 23.7 Å². The number of halogens is 1. The Morgan fingerprint density at radius 1 is 1.15 bits per heavy atom. The van der Waals surface area contributed by atoms with E-state index >= 15 is 0 Å². The molecule has 1 N–H and O–H groups in total. The number of nitrogens with zero attached hydrogens (tertiary/aromatic N) is 2. The zero-order chi connectivity index (χ0) is 19.2. The Hall–Kier alpha value is -2.09. The lowest BCUT2D eigenvalue weighted by Crippen LogP contribution is -2.49. The van der Waals surface area contributed by atoms with E-state index in [1.807, 2.05) is 18.2 Å². The van der Waals surface area contributed by atoms with E-state index in [9.17, 15) is 9.59 Å². The van der Waals surface area contributed by atoms with Crippen LogP contribution in [0.3, 0.4) is 0 Å². The maximum absolute atomic E-state index is 12.4. The van der Waals surface area contributed by atoms with Crippen LogP contribution in [-0.2, 0) is 16.1 Å². The van der Waals surface area contributed by atoms with E-state index < -0.39 is 5.97 Å². The molecule has 6 nitrogen and oxygen atoms in total. The van der Waals surface area contributed by atoms with Crippen molar-refractivity contribution in [3.05, 3.63) is 51.2 Å². The van der Waals surface area contributed by atoms with Gasteiger partial charge in [0.1, 0.15) is 0 Å². The Kier molecular flexibility index (Phi) is 6.71. The fourth-order valence-electron chi connectivity index (χ4n) is 2.99. The molecule has 8 heteroatoms. The maximum atomic E-state index is 12.4. The Morgan fingerprint density at radius 2 is 1.89 bits per heavy atom. The quantitative estimate of drug-likeness (QED) is 0.746. The lowest BCUT2D eigenvalue weighted by atomic mass is 10.2. The fraction of sp³-hybridized carbons (Fsp3) is 0.368. The Bertz CT molecular complexity index is 803. The molecule has 3 rings (SSSR count). The average Bonchev–Trinajstić information content (AvgIpc) is 3.11. The number of carbonyl (C=O) groups excluding carboxylic acids is 2. The highest BCUT2D eigenvalue weighted by Crippen LogP contribution is 2.23. The summed E-state index contributed by atoms with van der Waals surface area (Å²) in [6.45, 7) is 3.44. The minimum atomic E-state index is -0.499. The molecule has 2 aromatic rings. The highest BCUT2D eigenvalue weighted by Gasteiger charge is 2.23. The molecule has 1 aliphatic heterocycles. The van der Waals surface area contributed by atoms with Crippen LogP contribution in [0.5, 0.6) is 0 Å². The summed E-state index contributed by atoms with van der Waals surface area (Å²) < 4.78 is 6.01. The molecule has 0 aliphatic carbocycles. The minimum absolute atomic E-state index is 0.163. The zero-order valence-electron chi connectivity index (χ0n) is 15.1. The molecule has 27 heavy (non-hydrogen) atoms. The molecule has 0 radical (unpaired) electrons. The first-order valence-electron chi connectivity index (χ1n) is 8.75. The summed E-state index contributed by atoms with van der Waals surface area (Å²) in [7, 11) is 1.74. The first-order chi connectivity index (χ1) is 13.1. The van der Waals surface area contributed by atoms with Crippen molar-refractivity contribution in [3.8, 4) is 0 Å². The van der Waals surface area contributed by atoms with Crippen LogP contribution in [0.1, 0.15) is 15.2 Å². The molecule has 0 bridgehead atoms. The number of ether oxygens (including phenoxy) is 1. The van der Waals surface area contributed by atoms with Gasteiger partial charge in [0.25, 0.3) is 5.91 Å². The van der Waals surface area contributed by atoms with Gasteiger partial charge in [0.05, 0.1) is 9.90 Å². The van der Waals surface area contributed by atoms with Gasteiger partial charge in [-0.15, -0.1) is 11.3 Å². The first-order valence-corrected chi connectivity index (χ1v) is 9.94. The van der Waals surface area contributed by atoms with Crippen LogP contribution in [0.2, 0.25) is 4.34 Å². The van der Waals surface area contributed by atoms with Crippen molar-refractivity contribution in [2.75, 3.05) is 45.2 Å². The molecule has 1 aliphatic rings. The number of thiophene rings is 1. The van der Waals surface area contributed by atoms with Crippen LogP contribution in [0.25, 0.3) is 0 Å². The summed E-state index contributed by atoms with van der Waals surface area (Å²) in [4.78, 5) is 29.8. The number of amides is 1. The number of carbonyl (C=O) groups is 2. The van der Waals surface area contributed by atoms with E-state index in [1.165, 1.54) is 4.88 Å². The number of rotatable bonds is 6. The van der Waals surface area contributed by atoms with E-state index in [4.69, 9.17) is 16.3 Å². The molecule has 1 aromatic heterocycles. The first kappa shape index (κ1) is 19.7. The number of hydrogen-bond acceptors (Lipinski definition) is 6. The third-order valence-electron chi connectivity index (χ3n) is 4.48. The SMILES string of the molecule is CNc1ccccc1C(=O)OCC(=O)N1CCN(Cc2ccc(Cl)s2)CC1. The predicted octanol–water partition coefficient (Wildman–Crippen LogP) is 2.94. The van der Waals surface area contributed by atoms with E-state index in [-0.39, 0.29) is 12.5 Å². The summed E-state index contributed by atoms with van der Waals surface area (Å²) in [6.07, 6.45) is 0. The molecule has 144 valence electrons. The normalized spacial score (nSPS) is 14.8. The van der Waals surface area contributed by atoms with Gasteiger partial charge in [0.2, 0.25) is 0 Å². The van der Waals surface area contributed by atoms with Crippen molar-refractivity contribution in [2.24, 2.45) is 0 Å². The molecular weight excluding hydrogens is 386 g/mol. The third kappa shape index (κ3) is 5.22. The van der Waals surface area contributed by atoms with Gasteiger partial charge in [-0.2, -0.15) is 0 Å². The number of esters is 1. The van der Waals surface area contributed by atoms with Crippen molar-refractivity contribution in [3.63, 3.8) is 0 Å². The van der Waals surface area contributed by atoms with E-state index in [2.05, 4.69) is 10.2 Å². The molecule has 1 saturated heterocycles. The van der Waals surface area contributed by atoms with Gasteiger partial charge in [-0.25, -0.2) is 4.79 Å². The topological polar surface area (TPSA) is 61.9 Å². The van der Waals surface area contributed by atoms with Gasteiger partial charge in [0.15, 0.2) is 6.61 Å². The number of nitrogens with one attached hydrogen (secondary N) is 1. The van der Waals surface area contributed by atoms with Crippen molar-refractivity contribution >= 4 is 40.5 Å². The summed E-state index contributed by atoms with van der Waals surface area (Å²) in [5, 5.41) is 2.94. The van der Waals surface area contributed by atoms with Crippen LogP contribution in [-0.4, -0.2) is 61.5 Å². The number of hydrogen-bond donors (Lipinski definition) is 1. The number of piperazine rings is 1. The molecule has 0 unspecified atom stereocenters. The van der Waals surface area contributed by atoms with Crippen LogP contribution >= 0.6 is 22.9 Å². The van der Waals surface area contributed by atoms with Crippen molar-refractivity contribution < 1.29 is 14.3 Å². The van der Waals surface area contributed by atoms with Gasteiger partial charge in [-0.05, 0) is 24.3 Å². The van der Waals surface area contributed by atoms with Gasteiger partial charge in [-0.3, -0.25) is 9.69 Å². The van der Waals surface area contributed by atoms with Crippen molar-refractivity contribution in [1.29, 1.82) is 0 Å². The smallest absolute Gasteiger partial charge is 0.340 e. The van der Waals surface area contributed by atoms with Crippen molar-refractivity contribution in [1.82, 2.24) is 9.80 Å². The molecule has 1 amide bonds. The highest BCUT2D eigenvalue weighted by molar-refractivity contribution is 7.16. The largest absolute Gasteiger partial charge is 0.452 e. The maximum Gasteiger partial charge on any atom is 0.340 e. The monoisotopic (exact) mass is 407 g/mol. The summed E-state index contributed by atoms with van der Waals surface area (Å²) in [5.74, 6) is -0.661. The fourth-order valence-corrected chi connectivity index (χ4v) is 4.12. The number of benzene rings is 1. The summed E-state index contributed by atoms with van der Waals surface area (Å²) in [6, 6.07) is 11.0. The zero-order valence-corrected chi connectivity index (χ0v) is 16.7. The van der Waals surface area contributed by atoms with Crippen molar-refractivity contribution in [2.45, 2.75) is 6.54 Å². The predicted molar refractivity (Wildman–Crippen MR) is 107 cm³/mol. The second-order valence-corrected chi connectivity index (χ2v) is 8.03. The second kappa shape index (κ2) is 9.21. The van der Waals surface area contributed by atoms with E-state index in [0.717, 1.165) is 24.0 Å². The Balaban J connectivity index is 1.45. The third-order valence-corrected chi connectivity index (χ3v) is 5.69. The summed E-state index contributed by atoms with van der Waals surface area (Å²) in [5.41, 5.74) is 1.10. The van der Waals surface area contributed by atoms with Gasteiger partial charge >= 0.3 is 5.97 Å². The average molecular weight is 408 g/mol. The van der Waals surface area contributed by atoms with Crippen LogP contribution < -0.4 is 5.32 Å². The minimum Gasteiger partial charge on any atom is -0.452 e. The Morgan fingerprint density at radius 3 is 2.56 bits per heavy atom. The summed E-state index contributed by atoms with van der Waals surface area (Å²) >= 11 is 7.55. The standard InChI is InChI=1S/C19H22ClN3O3S/c1-21-16-5-3-2-4-15(16)19(25)26-13-18(24)23-10-8-22(9-11-23)12-14-6-7-17(20)27-14/h2-7,21H,8-13H2,1H3. The Labute approximate surface area is 167 Å². The van der Waals surface area contributed by atoms with E-state index in [0.29, 0.717) is 24.3 Å². The lowest BCUT2D eigenvalue weighted by Gasteiger charge is -2.34. The molecule has 2 heterocycles. The highest BCUT2D eigenvalue weighted by atomic mass is 35.5. The number of anilines is 1. The molecule has 0 spiro atoms. The van der Waals surface area contributed by atoms with Gasteiger partial charge < -0.3 is 15.0 Å². The molecule has 0 atom stereocenters. The lowest BCUT2D eigenvalue weighted by molar-refractivity contribution is -0.136. The van der Waals surface area contributed by atoms with Crippen LogP contribution in [0.4, 0.5) is 5.69 Å². The second-order valence-electron chi connectivity index (χ2n) is 6.23. The molecule has 0 saturated carbocycles. The number of para-hydroxylation sites is 1. The van der Waals surface area contributed by atoms with Gasteiger partial charge in [0, 0.05) is 50.3 Å². The molecule has 1 fully saturated rings. The van der Waals surface area contributed by atoms with Crippen LogP contribution in [0.15, 0.2) is 36.4 Å². The molecule has 1 aromatic carbocycles. The van der Waals surface area contributed by atoms with E-state index in [1.54, 1.807) is 41.5 Å². The molecular formula is C19H22ClN3O3S.